The fraction of sp³-hybridized carbons (Fsp3) is 0.533. The minimum atomic E-state index is -0.728. The molecule has 0 saturated heterocycles. The first kappa shape index (κ1) is 13.1. The van der Waals surface area contributed by atoms with Crippen molar-refractivity contribution < 1.29 is 9.84 Å². The number of hydrogen-bond donors (Lipinski definition) is 1. The van der Waals surface area contributed by atoms with Crippen molar-refractivity contribution in [3.8, 4) is 5.75 Å². The van der Waals surface area contributed by atoms with Crippen LogP contribution in [0.25, 0.3) is 0 Å². The number of ether oxygens (including phenoxy) is 1. The van der Waals surface area contributed by atoms with Crippen LogP contribution >= 0.6 is 0 Å². The van der Waals surface area contributed by atoms with Crippen molar-refractivity contribution in [1.82, 2.24) is 4.98 Å². The van der Waals surface area contributed by atoms with Crippen LogP contribution in [0.15, 0.2) is 35.7 Å². The molecule has 0 spiro atoms. The summed E-state index contributed by atoms with van der Waals surface area (Å²) in [7, 11) is 0. The molecule has 1 aliphatic carbocycles. The summed E-state index contributed by atoms with van der Waals surface area (Å²) in [6.07, 6.45) is 7.80. The lowest BCUT2D eigenvalue weighted by molar-refractivity contribution is 0.111. The molecule has 0 unspecified atom stereocenters. The Balaban J connectivity index is 2.08. The van der Waals surface area contributed by atoms with Gasteiger partial charge in [0.25, 0.3) is 0 Å². The minimum Gasteiger partial charge on any atom is -0.488 e. The maximum absolute atomic E-state index is 10.2. The van der Waals surface area contributed by atoms with E-state index < -0.39 is 5.60 Å². The summed E-state index contributed by atoms with van der Waals surface area (Å²) in [6.45, 7) is 4.28. The summed E-state index contributed by atoms with van der Waals surface area (Å²) in [5.74, 6) is 0.783. The van der Waals surface area contributed by atoms with Crippen LogP contribution in [0.4, 0.5) is 0 Å². The molecular weight excluding hydrogens is 226 g/mol. The predicted octanol–water partition coefficient (Wildman–Crippen LogP) is 3.10. The van der Waals surface area contributed by atoms with Crippen LogP contribution < -0.4 is 4.74 Å². The van der Waals surface area contributed by atoms with Crippen molar-refractivity contribution in [2.75, 3.05) is 6.61 Å². The van der Waals surface area contributed by atoms with E-state index in [0.717, 1.165) is 30.6 Å². The zero-order chi connectivity index (χ0) is 13.0. The Morgan fingerprint density at radius 2 is 2.11 bits per heavy atom. The molecule has 1 aromatic heterocycles. The van der Waals surface area contributed by atoms with E-state index in [1.165, 1.54) is 12.0 Å². The molecule has 0 aromatic carbocycles. The van der Waals surface area contributed by atoms with E-state index in [-0.39, 0.29) is 0 Å². The Bertz CT molecular complexity index is 418. The van der Waals surface area contributed by atoms with Crippen molar-refractivity contribution in [3.63, 3.8) is 0 Å². The number of nitrogens with zero attached hydrogens (tertiary/aromatic N) is 1. The van der Waals surface area contributed by atoms with Gasteiger partial charge in [0.2, 0.25) is 0 Å². The van der Waals surface area contributed by atoms with Gasteiger partial charge < -0.3 is 9.84 Å². The molecule has 18 heavy (non-hydrogen) atoms. The molecule has 0 radical (unpaired) electrons. The number of pyridine rings is 1. The SMILES string of the molecule is CC(C)(O)C1=C(COc2cccnc2)CCCC1. The lowest BCUT2D eigenvalue weighted by Gasteiger charge is -2.29. The summed E-state index contributed by atoms with van der Waals surface area (Å²) in [4.78, 5) is 4.03. The highest BCUT2D eigenvalue weighted by molar-refractivity contribution is 5.26. The monoisotopic (exact) mass is 247 g/mol. The molecule has 1 aliphatic rings. The predicted molar refractivity (Wildman–Crippen MR) is 71.5 cm³/mol. The van der Waals surface area contributed by atoms with Crippen LogP contribution in [-0.2, 0) is 0 Å². The number of aliphatic hydroxyl groups is 1. The third-order valence-corrected chi connectivity index (χ3v) is 3.37. The molecule has 2 rings (SSSR count). The van der Waals surface area contributed by atoms with Gasteiger partial charge in [-0.15, -0.1) is 0 Å². The van der Waals surface area contributed by atoms with E-state index in [4.69, 9.17) is 4.74 Å². The molecular formula is C15H21NO2. The van der Waals surface area contributed by atoms with Crippen molar-refractivity contribution in [2.24, 2.45) is 0 Å². The van der Waals surface area contributed by atoms with Gasteiger partial charge in [-0.1, -0.05) is 0 Å². The molecule has 0 aliphatic heterocycles. The summed E-state index contributed by atoms with van der Waals surface area (Å²) < 4.78 is 5.74. The zero-order valence-corrected chi connectivity index (χ0v) is 11.1. The van der Waals surface area contributed by atoms with Crippen LogP contribution in [0, 0.1) is 0 Å². The number of hydrogen-bond acceptors (Lipinski definition) is 3. The van der Waals surface area contributed by atoms with E-state index >= 15 is 0 Å². The fourth-order valence-electron chi connectivity index (χ4n) is 2.47. The Labute approximate surface area is 109 Å². The second-order valence-electron chi connectivity index (χ2n) is 5.33. The largest absolute Gasteiger partial charge is 0.488 e. The first-order chi connectivity index (χ1) is 8.57. The van der Waals surface area contributed by atoms with Gasteiger partial charge in [0.1, 0.15) is 12.4 Å². The normalized spacial score (nSPS) is 16.8. The second kappa shape index (κ2) is 5.53. The van der Waals surface area contributed by atoms with Crippen LogP contribution in [0.1, 0.15) is 39.5 Å². The van der Waals surface area contributed by atoms with Gasteiger partial charge in [0.15, 0.2) is 0 Å². The maximum Gasteiger partial charge on any atom is 0.138 e. The van der Waals surface area contributed by atoms with Crippen LogP contribution in [0.3, 0.4) is 0 Å². The molecule has 3 nitrogen and oxygen atoms in total. The first-order valence-electron chi connectivity index (χ1n) is 6.54. The van der Waals surface area contributed by atoms with Crippen LogP contribution in [0.5, 0.6) is 5.75 Å². The Hall–Kier alpha value is -1.35. The molecule has 0 bridgehead atoms. The van der Waals surface area contributed by atoms with Crippen LogP contribution in [0.2, 0.25) is 0 Å². The van der Waals surface area contributed by atoms with Gasteiger partial charge in [-0.3, -0.25) is 4.98 Å². The van der Waals surface area contributed by atoms with E-state index in [1.54, 1.807) is 12.4 Å². The Morgan fingerprint density at radius 3 is 2.78 bits per heavy atom. The minimum absolute atomic E-state index is 0.561. The standard InChI is InChI=1S/C15H21NO2/c1-15(2,17)14-8-4-3-6-12(14)11-18-13-7-5-9-16-10-13/h5,7,9-10,17H,3-4,6,8,11H2,1-2H3. The van der Waals surface area contributed by atoms with Gasteiger partial charge in [-0.2, -0.15) is 0 Å². The quantitative estimate of drug-likeness (QED) is 0.831. The summed E-state index contributed by atoms with van der Waals surface area (Å²) in [5.41, 5.74) is 1.67. The van der Waals surface area contributed by atoms with Crippen molar-refractivity contribution >= 4 is 0 Å². The topological polar surface area (TPSA) is 42.4 Å². The first-order valence-corrected chi connectivity index (χ1v) is 6.54. The molecule has 1 N–H and O–H groups in total. The zero-order valence-electron chi connectivity index (χ0n) is 11.1. The van der Waals surface area contributed by atoms with Crippen molar-refractivity contribution in [3.05, 3.63) is 35.7 Å². The fourth-order valence-corrected chi connectivity index (χ4v) is 2.47. The lowest BCUT2D eigenvalue weighted by Crippen LogP contribution is -2.26. The second-order valence-corrected chi connectivity index (χ2v) is 5.33. The average molecular weight is 247 g/mol. The molecule has 98 valence electrons. The van der Waals surface area contributed by atoms with Gasteiger partial charge in [0.05, 0.1) is 11.8 Å². The van der Waals surface area contributed by atoms with E-state index in [0.29, 0.717) is 6.61 Å². The molecule has 0 fully saturated rings. The highest BCUT2D eigenvalue weighted by atomic mass is 16.5. The highest BCUT2D eigenvalue weighted by Crippen LogP contribution is 2.32. The van der Waals surface area contributed by atoms with Crippen molar-refractivity contribution in [2.45, 2.75) is 45.1 Å². The Morgan fingerprint density at radius 1 is 1.33 bits per heavy atom. The molecule has 3 heteroatoms. The van der Waals surface area contributed by atoms with Crippen molar-refractivity contribution in [1.29, 1.82) is 0 Å². The molecule has 0 atom stereocenters. The van der Waals surface area contributed by atoms with Gasteiger partial charge >= 0.3 is 0 Å². The number of aromatic nitrogens is 1. The van der Waals surface area contributed by atoms with Crippen LogP contribution in [-0.4, -0.2) is 22.3 Å². The summed E-state index contributed by atoms with van der Waals surface area (Å²) in [5, 5.41) is 10.2. The van der Waals surface area contributed by atoms with E-state index in [9.17, 15) is 5.11 Å². The molecule has 1 heterocycles. The third-order valence-electron chi connectivity index (χ3n) is 3.37. The lowest BCUT2D eigenvalue weighted by atomic mass is 9.83. The van der Waals surface area contributed by atoms with Gasteiger partial charge in [-0.05, 0) is 62.8 Å². The van der Waals surface area contributed by atoms with E-state index in [1.807, 2.05) is 26.0 Å². The van der Waals surface area contributed by atoms with Gasteiger partial charge in [0, 0.05) is 6.20 Å². The number of rotatable bonds is 4. The van der Waals surface area contributed by atoms with Gasteiger partial charge in [-0.25, -0.2) is 0 Å². The Kier molecular flexibility index (Phi) is 4.02. The average Bonchev–Trinajstić information content (AvgIpc) is 2.37. The molecule has 0 saturated carbocycles. The highest BCUT2D eigenvalue weighted by Gasteiger charge is 2.25. The molecule has 1 aromatic rings. The smallest absolute Gasteiger partial charge is 0.138 e. The summed E-state index contributed by atoms with van der Waals surface area (Å²) >= 11 is 0. The summed E-state index contributed by atoms with van der Waals surface area (Å²) in [6, 6.07) is 3.77. The molecule has 0 amide bonds. The van der Waals surface area contributed by atoms with E-state index in [2.05, 4.69) is 4.98 Å². The maximum atomic E-state index is 10.2. The third kappa shape index (κ3) is 3.33.